The zero-order valence-corrected chi connectivity index (χ0v) is 5.79. The molecule has 0 aromatic rings. The maximum atomic E-state index is 8.49. The zero-order chi connectivity index (χ0) is 6.41. The molecular weight excluding hydrogens is 148 g/mol. The summed E-state index contributed by atoms with van der Waals surface area (Å²) in [4.78, 5) is 0. The van der Waals surface area contributed by atoms with Gasteiger partial charge in [0.05, 0.1) is 0 Å². The van der Waals surface area contributed by atoms with E-state index >= 15 is 0 Å². The predicted molar refractivity (Wildman–Crippen MR) is 33.0 cm³/mol. The van der Waals surface area contributed by atoms with Gasteiger partial charge in [-0.25, -0.2) is 0 Å². The summed E-state index contributed by atoms with van der Waals surface area (Å²) in [5, 5.41) is 25.5. The molecule has 0 radical (unpaired) electrons. The molecule has 1 heterocycles. The van der Waals surface area contributed by atoms with Crippen LogP contribution in [0.3, 0.4) is 0 Å². The van der Waals surface area contributed by atoms with Crippen LogP contribution in [0.2, 0.25) is 0 Å². The Hall–Kier alpha value is 0.580. The monoisotopic (exact) mass is 154 g/mol. The zero-order valence-electron chi connectivity index (χ0n) is 4.16. The second kappa shape index (κ2) is 1.54. The summed E-state index contributed by atoms with van der Waals surface area (Å²) in [6.45, 7) is 1.56. The molecule has 1 aliphatic heterocycles. The Morgan fingerprint density at radius 3 is 1.62 bits per heavy atom. The van der Waals surface area contributed by atoms with Crippen LogP contribution in [-0.2, 0) is 0 Å². The maximum absolute atomic E-state index is 8.49. The summed E-state index contributed by atoms with van der Waals surface area (Å²) in [5.74, 6) is -2.53. The smallest absolute Gasteiger partial charge is 0.302 e. The van der Waals surface area contributed by atoms with Crippen molar-refractivity contribution in [2.24, 2.45) is 0 Å². The number of hydrogen-bond acceptors (Lipinski definition) is 5. The molecule has 0 bridgehead atoms. The van der Waals surface area contributed by atoms with E-state index in [1.165, 1.54) is 21.6 Å². The molecule has 1 aliphatic rings. The van der Waals surface area contributed by atoms with Crippen molar-refractivity contribution in [3.8, 4) is 0 Å². The first-order chi connectivity index (χ1) is 3.46. The first kappa shape index (κ1) is 6.70. The van der Waals surface area contributed by atoms with Crippen molar-refractivity contribution >= 4 is 21.6 Å². The van der Waals surface area contributed by atoms with E-state index < -0.39 is 10.1 Å². The van der Waals surface area contributed by atoms with Crippen molar-refractivity contribution in [3.05, 3.63) is 0 Å². The Labute approximate surface area is 54.5 Å². The average Bonchev–Trinajstić information content (AvgIpc) is 2.16. The van der Waals surface area contributed by atoms with Crippen LogP contribution in [0, 0.1) is 0 Å². The van der Waals surface area contributed by atoms with Gasteiger partial charge < -0.3 is 15.3 Å². The van der Waals surface area contributed by atoms with Crippen LogP contribution in [0.1, 0.15) is 6.92 Å². The molecule has 0 saturated carbocycles. The predicted octanol–water partition coefficient (Wildman–Crippen LogP) is -0.272. The quantitative estimate of drug-likeness (QED) is 0.276. The molecule has 0 aliphatic carbocycles. The van der Waals surface area contributed by atoms with Gasteiger partial charge in [0, 0.05) is 0 Å². The number of aliphatic hydroxyl groups is 3. The van der Waals surface area contributed by atoms with Gasteiger partial charge in [-0.1, -0.05) is 21.6 Å². The van der Waals surface area contributed by atoms with Gasteiger partial charge >= 0.3 is 5.97 Å². The Morgan fingerprint density at radius 1 is 1.25 bits per heavy atom. The van der Waals surface area contributed by atoms with E-state index in [1.54, 1.807) is 6.92 Å². The molecular formula is C3H6O3S2. The second-order valence-corrected chi connectivity index (χ2v) is 4.97. The highest BCUT2D eigenvalue weighted by atomic mass is 33.2. The van der Waals surface area contributed by atoms with Crippen molar-refractivity contribution < 1.29 is 15.3 Å². The minimum Gasteiger partial charge on any atom is -0.342 e. The summed E-state index contributed by atoms with van der Waals surface area (Å²) in [5.41, 5.74) is 0. The van der Waals surface area contributed by atoms with Gasteiger partial charge in [-0.05, 0) is 6.92 Å². The lowest BCUT2D eigenvalue weighted by atomic mass is 10.4. The van der Waals surface area contributed by atoms with Gasteiger partial charge in [-0.3, -0.25) is 0 Å². The standard InChI is InChI=1S/C3H6O3S2/c1-2(7-8-2)3(4,5)6/h4-6H,1H3. The molecule has 8 heavy (non-hydrogen) atoms. The minimum absolute atomic E-state index is 0.812. The Morgan fingerprint density at radius 2 is 1.62 bits per heavy atom. The topological polar surface area (TPSA) is 60.7 Å². The molecule has 0 aromatic heterocycles. The lowest BCUT2D eigenvalue weighted by Gasteiger charge is -2.17. The van der Waals surface area contributed by atoms with Gasteiger partial charge in [0.25, 0.3) is 0 Å². The normalized spacial score (nSPS) is 25.5. The van der Waals surface area contributed by atoms with Crippen LogP contribution in [0.4, 0.5) is 0 Å². The molecule has 0 unspecified atom stereocenters. The van der Waals surface area contributed by atoms with Gasteiger partial charge in [-0.15, -0.1) is 0 Å². The summed E-state index contributed by atoms with van der Waals surface area (Å²) in [7, 11) is 2.49. The summed E-state index contributed by atoms with van der Waals surface area (Å²) >= 11 is 0. The van der Waals surface area contributed by atoms with Gasteiger partial charge in [0.15, 0.2) is 4.08 Å². The Kier molecular flexibility index (Phi) is 1.29. The van der Waals surface area contributed by atoms with Crippen LogP contribution in [0.5, 0.6) is 0 Å². The molecule has 0 aromatic carbocycles. The van der Waals surface area contributed by atoms with E-state index in [0.717, 1.165) is 0 Å². The number of rotatable bonds is 1. The molecule has 0 spiro atoms. The summed E-state index contributed by atoms with van der Waals surface area (Å²) in [6.07, 6.45) is 0. The van der Waals surface area contributed by atoms with Crippen LogP contribution < -0.4 is 0 Å². The highest BCUT2D eigenvalue weighted by Crippen LogP contribution is 2.68. The van der Waals surface area contributed by atoms with Crippen molar-refractivity contribution in [3.63, 3.8) is 0 Å². The van der Waals surface area contributed by atoms with E-state index in [2.05, 4.69) is 0 Å². The van der Waals surface area contributed by atoms with Crippen LogP contribution in [0.15, 0.2) is 0 Å². The van der Waals surface area contributed by atoms with Crippen LogP contribution in [0.25, 0.3) is 0 Å². The number of hydrogen-bond donors (Lipinski definition) is 3. The fraction of sp³-hybridized carbons (Fsp3) is 1.00. The van der Waals surface area contributed by atoms with E-state index in [-0.39, 0.29) is 0 Å². The van der Waals surface area contributed by atoms with Gasteiger partial charge in [0.1, 0.15) is 0 Å². The molecule has 1 rings (SSSR count). The third-order valence-corrected chi connectivity index (χ3v) is 4.16. The Bertz CT molecular complexity index is 100. The molecule has 48 valence electrons. The fourth-order valence-electron chi connectivity index (χ4n) is 0.174. The molecule has 1 saturated heterocycles. The first-order valence-corrected chi connectivity index (χ1v) is 4.15. The summed E-state index contributed by atoms with van der Waals surface area (Å²) < 4.78 is -0.812. The van der Waals surface area contributed by atoms with E-state index in [0.29, 0.717) is 0 Å². The Balaban J connectivity index is 2.58. The molecule has 0 amide bonds. The molecule has 1 fully saturated rings. The van der Waals surface area contributed by atoms with Gasteiger partial charge in [0.2, 0.25) is 0 Å². The largest absolute Gasteiger partial charge is 0.342 e. The van der Waals surface area contributed by atoms with Crippen molar-refractivity contribution in [2.45, 2.75) is 17.0 Å². The van der Waals surface area contributed by atoms with Crippen molar-refractivity contribution in [1.29, 1.82) is 0 Å². The highest BCUT2D eigenvalue weighted by molar-refractivity contribution is 8.93. The third kappa shape index (κ3) is 0.964. The van der Waals surface area contributed by atoms with Crippen molar-refractivity contribution in [2.75, 3.05) is 0 Å². The van der Waals surface area contributed by atoms with Crippen LogP contribution >= 0.6 is 21.6 Å². The SMILES string of the molecule is CC1(C(O)(O)O)SS1. The van der Waals surface area contributed by atoms with E-state index in [1.807, 2.05) is 0 Å². The summed E-state index contributed by atoms with van der Waals surface area (Å²) in [6, 6.07) is 0. The lowest BCUT2D eigenvalue weighted by Crippen LogP contribution is -2.40. The van der Waals surface area contributed by atoms with Crippen LogP contribution in [-0.4, -0.2) is 25.4 Å². The van der Waals surface area contributed by atoms with Crippen molar-refractivity contribution in [1.82, 2.24) is 0 Å². The molecule has 0 atom stereocenters. The first-order valence-electron chi connectivity index (χ1n) is 2.00. The molecule has 3 N–H and O–H groups in total. The molecule has 3 nitrogen and oxygen atoms in total. The minimum atomic E-state index is -2.53. The fourth-order valence-corrected chi connectivity index (χ4v) is 1.57. The second-order valence-electron chi connectivity index (χ2n) is 1.75. The van der Waals surface area contributed by atoms with Gasteiger partial charge in [-0.2, -0.15) is 0 Å². The molecule has 5 heteroatoms. The van der Waals surface area contributed by atoms with E-state index in [4.69, 9.17) is 15.3 Å². The third-order valence-electron chi connectivity index (χ3n) is 0.943. The average molecular weight is 154 g/mol. The lowest BCUT2D eigenvalue weighted by molar-refractivity contribution is -0.312. The van der Waals surface area contributed by atoms with E-state index in [9.17, 15) is 0 Å². The maximum Gasteiger partial charge on any atom is 0.302 e. The highest BCUT2D eigenvalue weighted by Gasteiger charge is 2.57.